The van der Waals surface area contributed by atoms with Crippen molar-refractivity contribution in [3.63, 3.8) is 0 Å². The summed E-state index contributed by atoms with van der Waals surface area (Å²) >= 11 is 1.25. The highest BCUT2D eigenvalue weighted by atomic mass is 32.1. The van der Waals surface area contributed by atoms with Crippen LogP contribution in [0.25, 0.3) is 0 Å². The third-order valence-electron chi connectivity index (χ3n) is 5.96. The summed E-state index contributed by atoms with van der Waals surface area (Å²) in [5.74, 6) is 0.559. The van der Waals surface area contributed by atoms with E-state index in [2.05, 4.69) is 40.7 Å². The number of aromatic nitrogens is 4. The molecule has 4 heterocycles. The molecule has 2 aliphatic rings. The molecule has 2 N–H and O–H groups in total. The highest BCUT2D eigenvalue weighted by molar-refractivity contribution is 7.19. The van der Waals surface area contributed by atoms with Gasteiger partial charge in [-0.25, -0.2) is 0 Å². The molecular formula is C22H24F2N8O2S. The highest BCUT2D eigenvalue weighted by Gasteiger charge is 2.32. The Bertz CT molecular complexity index is 1150. The van der Waals surface area contributed by atoms with Gasteiger partial charge in [0.25, 0.3) is 0 Å². The first-order chi connectivity index (χ1) is 17.0. The number of carbonyl (C=O) groups is 1. The van der Waals surface area contributed by atoms with Crippen LogP contribution in [0.15, 0.2) is 42.6 Å². The molecule has 2 atom stereocenters. The van der Waals surface area contributed by atoms with Crippen molar-refractivity contribution in [1.29, 1.82) is 0 Å². The van der Waals surface area contributed by atoms with Gasteiger partial charge in [-0.15, -0.1) is 15.3 Å². The number of benzene rings is 1. The molecule has 0 saturated carbocycles. The fourth-order valence-electron chi connectivity index (χ4n) is 4.22. The van der Waals surface area contributed by atoms with Crippen LogP contribution in [0.1, 0.15) is 24.4 Å². The Labute approximate surface area is 204 Å². The predicted molar refractivity (Wildman–Crippen MR) is 127 cm³/mol. The Hall–Kier alpha value is -3.45. The number of nitrogens with zero attached hydrogens (tertiary/aromatic N) is 6. The summed E-state index contributed by atoms with van der Waals surface area (Å²) in [6.45, 7) is 0.162. The SMILES string of the molecule is O=C(Nc1nnc(N[C@@H]2CCN(c3cccnn3)C2)s1)[C@@H](c1cccc(OC(F)F)c1)N1CCC1. The van der Waals surface area contributed by atoms with Crippen LogP contribution in [0.4, 0.5) is 24.9 Å². The average molecular weight is 503 g/mol. The Morgan fingerprint density at radius 1 is 1.11 bits per heavy atom. The van der Waals surface area contributed by atoms with Crippen LogP contribution in [0.3, 0.4) is 0 Å². The van der Waals surface area contributed by atoms with Gasteiger partial charge in [-0.05, 0) is 42.7 Å². The fraction of sp³-hybridized carbons (Fsp3) is 0.409. The molecule has 2 fully saturated rings. The maximum Gasteiger partial charge on any atom is 0.387 e. The molecule has 5 rings (SSSR count). The molecule has 35 heavy (non-hydrogen) atoms. The zero-order chi connectivity index (χ0) is 24.2. The van der Waals surface area contributed by atoms with E-state index in [-0.39, 0.29) is 17.7 Å². The van der Waals surface area contributed by atoms with Gasteiger partial charge in [0.05, 0.1) is 0 Å². The Balaban J connectivity index is 1.22. The molecule has 1 amide bonds. The summed E-state index contributed by atoms with van der Waals surface area (Å²) in [4.78, 5) is 17.3. The standard InChI is InChI=1S/C22H24F2N8O2S/c23-20(24)34-16-5-1-4-14(12-16)18(31-9-3-10-31)19(33)27-22-30-29-21(35-22)26-15-7-11-32(13-15)17-6-2-8-25-28-17/h1-2,4-6,8,12,15,18,20H,3,7,9-11,13H2,(H,26,29)(H,27,30,33)/t15-,18-/m1/s1. The van der Waals surface area contributed by atoms with E-state index in [0.717, 1.165) is 44.8 Å². The smallest absolute Gasteiger partial charge is 0.387 e. The predicted octanol–water partition coefficient (Wildman–Crippen LogP) is 3.01. The second-order valence-electron chi connectivity index (χ2n) is 8.30. The quantitative estimate of drug-likeness (QED) is 0.456. The second-order valence-corrected chi connectivity index (χ2v) is 9.28. The molecule has 0 bridgehead atoms. The lowest BCUT2D eigenvalue weighted by Crippen LogP contribution is -2.45. The van der Waals surface area contributed by atoms with E-state index in [4.69, 9.17) is 0 Å². The molecule has 184 valence electrons. The molecule has 0 spiro atoms. The summed E-state index contributed by atoms with van der Waals surface area (Å²) in [6.07, 6.45) is 3.52. The van der Waals surface area contributed by atoms with Crippen molar-refractivity contribution in [2.24, 2.45) is 0 Å². The van der Waals surface area contributed by atoms with E-state index in [0.29, 0.717) is 15.8 Å². The van der Waals surface area contributed by atoms with E-state index in [1.165, 1.54) is 23.5 Å². The lowest BCUT2D eigenvalue weighted by Gasteiger charge is -2.37. The maximum atomic E-state index is 13.2. The largest absolute Gasteiger partial charge is 0.435 e. The third kappa shape index (κ3) is 5.62. The molecule has 0 aliphatic carbocycles. The lowest BCUT2D eigenvalue weighted by atomic mass is 10.0. The van der Waals surface area contributed by atoms with Crippen LogP contribution in [0.5, 0.6) is 5.75 Å². The molecule has 13 heteroatoms. The number of nitrogens with one attached hydrogen (secondary N) is 2. The van der Waals surface area contributed by atoms with Gasteiger partial charge in [0, 0.05) is 38.4 Å². The average Bonchev–Trinajstić information content (AvgIpc) is 3.46. The topological polar surface area (TPSA) is 108 Å². The summed E-state index contributed by atoms with van der Waals surface area (Å²) in [6, 6.07) is 9.57. The number of likely N-dealkylation sites (tertiary alicyclic amines) is 1. The zero-order valence-corrected chi connectivity index (χ0v) is 19.5. The first kappa shape index (κ1) is 23.3. The summed E-state index contributed by atoms with van der Waals surface area (Å²) in [5, 5.41) is 23.5. The minimum atomic E-state index is -2.93. The van der Waals surface area contributed by atoms with E-state index in [1.807, 2.05) is 17.0 Å². The number of hydrogen-bond donors (Lipinski definition) is 2. The molecule has 2 saturated heterocycles. The van der Waals surface area contributed by atoms with Crippen molar-refractivity contribution in [3.8, 4) is 5.75 Å². The minimum Gasteiger partial charge on any atom is -0.435 e. The maximum absolute atomic E-state index is 13.2. The van der Waals surface area contributed by atoms with Crippen LogP contribution >= 0.6 is 11.3 Å². The zero-order valence-electron chi connectivity index (χ0n) is 18.7. The lowest BCUT2D eigenvalue weighted by molar-refractivity contribution is -0.123. The Morgan fingerprint density at radius 3 is 2.71 bits per heavy atom. The molecule has 0 unspecified atom stereocenters. The number of halogens is 2. The monoisotopic (exact) mass is 502 g/mol. The summed E-state index contributed by atoms with van der Waals surface area (Å²) < 4.78 is 29.8. The van der Waals surface area contributed by atoms with E-state index in [9.17, 15) is 13.6 Å². The molecule has 10 nitrogen and oxygen atoms in total. The number of hydrogen-bond acceptors (Lipinski definition) is 10. The first-order valence-electron chi connectivity index (χ1n) is 11.3. The molecule has 1 aromatic carbocycles. The molecule has 2 aromatic heterocycles. The van der Waals surface area contributed by atoms with Gasteiger partial charge in [0.15, 0.2) is 5.82 Å². The van der Waals surface area contributed by atoms with Crippen LogP contribution in [0, 0.1) is 0 Å². The number of rotatable bonds is 9. The highest BCUT2D eigenvalue weighted by Crippen LogP contribution is 2.31. The van der Waals surface area contributed by atoms with Crippen molar-refractivity contribution >= 4 is 33.3 Å². The van der Waals surface area contributed by atoms with Gasteiger partial charge in [-0.3, -0.25) is 15.0 Å². The normalized spacial score (nSPS) is 18.8. The fourth-order valence-corrected chi connectivity index (χ4v) is 4.94. The van der Waals surface area contributed by atoms with Crippen molar-refractivity contribution < 1.29 is 18.3 Å². The Morgan fingerprint density at radius 2 is 1.97 bits per heavy atom. The minimum absolute atomic E-state index is 0.0188. The van der Waals surface area contributed by atoms with Crippen LogP contribution in [-0.2, 0) is 4.79 Å². The van der Waals surface area contributed by atoms with Gasteiger partial charge in [0.1, 0.15) is 11.8 Å². The van der Waals surface area contributed by atoms with Gasteiger partial charge in [-0.1, -0.05) is 23.5 Å². The van der Waals surface area contributed by atoms with Crippen LogP contribution in [-0.4, -0.2) is 70.0 Å². The number of carbonyl (C=O) groups excluding carboxylic acids is 1. The van der Waals surface area contributed by atoms with E-state index >= 15 is 0 Å². The molecule has 2 aliphatic heterocycles. The van der Waals surface area contributed by atoms with Crippen LogP contribution < -0.4 is 20.3 Å². The van der Waals surface area contributed by atoms with Gasteiger partial charge >= 0.3 is 6.61 Å². The van der Waals surface area contributed by atoms with E-state index in [1.54, 1.807) is 18.3 Å². The molecular weight excluding hydrogens is 478 g/mol. The number of alkyl halides is 2. The molecule has 0 radical (unpaired) electrons. The van der Waals surface area contributed by atoms with Crippen molar-refractivity contribution in [1.82, 2.24) is 25.3 Å². The second kappa shape index (κ2) is 10.4. The summed E-state index contributed by atoms with van der Waals surface area (Å²) in [7, 11) is 0. The number of ether oxygens (including phenoxy) is 1. The van der Waals surface area contributed by atoms with Gasteiger partial charge in [-0.2, -0.15) is 13.9 Å². The van der Waals surface area contributed by atoms with Crippen molar-refractivity contribution in [2.75, 3.05) is 41.7 Å². The van der Waals surface area contributed by atoms with Crippen LogP contribution in [0.2, 0.25) is 0 Å². The summed E-state index contributed by atoms with van der Waals surface area (Å²) in [5.41, 5.74) is 0.582. The van der Waals surface area contributed by atoms with E-state index < -0.39 is 12.7 Å². The number of anilines is 3. The first-order valence-corrected chi connectivity index (χ1v) is 12.1. The van der Waals surface area contributed by atoms with Crippen molar-refractivity contribution in [2.45, 2.75) is 31.5 Å². The molecule has 3 aromatic rings. The number of amides is 1. The van der Waals surface area contributed by atoms with Crippen molar-refractivity contribution in [3.05, 3.63) is 48.2 Å². The van der Waals surface area contributed by atoms with Gasteiger partial charge in [0.2, 0.25) is 16.2 Å². The van der Waals surface area contributed by atoms with Gasteiger partial charge < -0.3 is 15.0 Å². The third-order valence-corrected chi connectivity index (χ3v) is 6.73. The Kier molecular flexibility index (Phi) is 6.95.